The van der Waals surface area contributed by atoms with Crippen LogP contribution in [-0.4, -0.2) is 64.1 Å². The van der Waals surface area contributed by atoms with Crippen molar-refractivity contribution >= 4 is 12.0 Å². The molecule has 0 bridgehead atoms. The average Bonchev–Trinajstić information content (AvgIpc) is 2.76. The van der Waals surface area contributed by atoms with Crippen molar-refractivity contribution in [3.05, 3.63) is 0 Å². The van der Waals surface area contributed by atoms with Crippen molar-refractivity contribution in [2.45, 2.75) is 51.2 Å². The Morgan fingerprint density at radius 2 is 1.81 bits per heavy atom. The number of carboxylic acids is 1. The molecule has 0 spiro atoms. The Kier molecular flexibility index (Phi) is 7.45. The van der Waals surface area contributed by atoms with Crippen LogP contribution in [0.15, 0.2) is 0 Å². The summed E-state index contributed by atoms with van der Waals surface area (Å²) in [5.74, 6) is -0.499. The Hall–Kier alpha value is -1.34. The molecule has 0 saturated carbocycles. The zero-order valence-electron chi connectivity index (χ0n) is 12.5. The molecule has 1 aliphatic heterocycles. The van der Waals surface area contributed by atoms with Crippen LogP contribution in [0.4, 0.5) is 4.79 Å². The van der Waals surface area contributed by atoms with Crippen molar-refractivity contribution < 1.29 is 24.9 Å². The molecular formula is C14H26N2O5. The van der Waals surface area contributed by atoms with E-state index in [2.05, 4.69) is 12.2 Å². The summed E-state index contributed by atoms with van der Waals surface area (Å²) in [4.78, 5) is 23.8. The van der Waals surface area contributed by atoms with Crippen molar-refractivity contribution in [1.29, 1.82) is 0 Å². The van der Waals surface area contributed by atoms with E-state index in [0.29, 0.717) is 18.9 Å². The molecule has 0 aromatic carbocycles. The Bertz CT molecular complexity index is 340. The quantitative estimate of drug-likeness (QED) is 0.519. The van der Waals surface area contributed by atoms with Crippen LogP contribution in [0, 0.1) is 5.92 Å². The summed E-state index contributed by atoms with van der Waals surface area (Å²) in [6, 6.07) is -0.293. The number of carbonyl (C=O) groups is 2. The monoisotopic (exact) mass is 302 g/mol. The van der Waals surface area contributed by atoms with Gasteiger partial charge in [-0.2, -0.15) is 0 Å². The Morgan fingerprint density at radius 1 is 1.19 bits per heavy atom. The molecular weight excluding hydrogens is 276 g/mol. The number of urea groups is 1. The van der Waals surface area contributed by atoms with E-state index >= 15 is 0 Å². The van der Waals surface area contributed by atoms with Gasteiger partial charge in [0.25, 0.3) is 0 Å². The minimum atomic E-state index is -0.876. The van der Waals surface area contributed by atoms with E-state index in [1.807, 2.05) is 0 Å². The van der Waals surface area contributed by atoms with Gasteiger partial charge in [-0.3, -0.25) is 4.79 Å². The van der Waals surface area contributed by atoms with Crippen LogP contribution in [0.2, 0.25) is 0 Å². The first-order valence-electron chi connectivity index (χ1n) is 7.54. The number of β-amino-alcohol motifs (C(OH)–C–C–N with tert-alkyl or cyclic N) is 2. The molecule has 7 nitrogen and oxygen atoms in total. The van der Waals surface area contributed by atoms with Crippen LogP contribution in [0.5, 0.6) is 0 Å². The number of aliphatic hydroxyl groups is 2. The number of aliphatic carboxylic acids is 1. The maximum Gasteiger partial charge on any atom is 0.317 e. The fourth-order valence-corrected chi connectivity index (χ4v) is 2.60. The van der Waals surface area contributed by atoms with Gasteiger partial charge in [-0.1, -0.05) is 19.8 Å². The van der Waals surface area contributed by atoms with Crippen LogP contribution in [0.3, 0.4) is 0 Å². The van der Waals surface area contributed by atoms with Gasteiger partial charge < -0.3 is 25.5 Å². The van der Waals surface area contributed by atoms with Crippen LogP contribution >= 0.6 is 0 Å². The SMILES string of the molecule is CCCC(CCNC(=O)N1CC(O)C(O)C1)CCC(=O)O. The van der Waals surface area contributed by atoms with Crippen LogP contribution in [0.1, 0.15) is 39.0 Å². The van der Waals surface area contributed by atoms with E-state index in [9.17, 15) is 19.8 Å². The van der Waals surface area contributed by atoms with Gasteiger partial charge in [-0.25, -0.2) is 4.79 Å². The van der Waals surface area contributed by atoms with E-state index in [1.165, 1.54) is 4.90 Å². The number of hydrogen-bond donors (Lipinski definition) is 4. The lowest BCUT2D eigenvalue weighted by Crippen LogP contribution is -2.40. The summed E-state index contributed by atoms with van der Waals surface area (Å²) in [7, 11) is 0. The lowest BCUT2D eigenvalue weighted by Gasteiger charge is -2.19. The second-order valence-electron chi connectivity index (χ2n) is 5.65. The van der Waals surface area contributed by atoms with Crippen molar-refractivity contribution in [2.24, 2.45) is 5.92 Å². The van der Waals surface area contributed by atoms with Gasteiger partial charge in [0.1, 0.15) is 0 Å². The molecule has 1 rings (SSSR count). The molecule has 0 aromatic rings. The third-order valence-electron chi connectivity index (χ3n) is 3.84. The number of amides is 2. The number of hydrogen-bond acceptors (Lipinski definition) is 4. The highest BCUT2D eigenvalue weighted by atomic mass is 16.4. The maximum atomic E-state index is 11.8. The van der Waals surface area contributed by atoms with Crippen LogP contribution in [-0.2, 0) is 4.79 Å². The zero-order valence-corrected chi connectivity index (χ0v) is 12.5. The average molecular weight is 302 g/mol. The molecule has 1 fully saturated rings. The smallest absolute Gasteiger partial charge is 0.317 e. The highest BCUT2D eigenvalue weighted by molar-refractivity contribution is 5.74. The summed E-state index contributed by atoms with van der Waals surface area (Å²) in [5, 5.41) is 30.3. The molecule has 0 aromatic heterocycles. The van der Waals surface area contributed by atoms with E-state index < -0.39 is 18.2 Å². The van der Waals surface area contributed by atoms with Gasteiger partial charge in [0.15, 0.2) is 0 Å². The first kappa shape index (κ1) is 17.7. The number of likely N-dealkylation sites (tertiary alicyclic amines) is 1. The van der Waals surface area contributed by atoms with Gasteiger partial charge in [0.2, 0.25) is 0 Å². The molecule has 122 valence electrons. The third-order valence-corrected chi connectivity index (χ3v) is 3.84. The summed E-state index contributed by atoms with van der Waals surface area (Å²) < 4.78 is 0. The second-order valence-corrected chi connectivity index (χ2v) is 5.65. The van der Waals surface area contributed by atoms with Crippen molar-refractivity contribution in [2.75, 3.05) is 19.6 Å². The van der Waals surface area contributed by atoms with E-state index in [-0.39, 0.29) is 25.5 Å². The lowest BCUT2D eigenvalue weighted by molar-refractivity contribution is -0.137. The number of aliphatic hydroxyl groups excluding tert-OH is 2. The van der Waals surface area contributed by atoms with Gasteiger partial charge in [0, 0.05) is 13.0 Å². The van der Waals surface area contributed by atoms with Crippen molar-refractivity contribution in [1.82, 2.24) is 10.2 Å². The summed E-state index contributed by atoms with van der Waals surface area (Å²) in [6.45, 7) is 2.82. The van der Waals surface area contributed by atoms with E-state index in [4.69, 9.17) is 5.11 Å². The predicted octanol–water partition coefficient (Wildman–Crippen LogP) is 0.405. The molecule has 1 heterocycles. The minimum Gasteiger partial charge on any atom is -0.481 e. The first-order valence-corrected chi connectivity index (χ1v) is 7.54. The van der Waals surface area contributed by atoms with Gasteiger partial charge >= 0.3 is 12.0 Å². The van der Waals surface area contributed by atoms with Crippen molar-refractivity contribution in [3.63, 3.8) is 0 Å². The number of carbonyl (C=O) groups excluding carboxylic acids is 1. The fraction of sp³-hybridized carbons (Fsp3) is 0.857. The molecule has 3 atom stereocenters. The first-order chi connectivity index (χ1) is 9.93. The molecule has 3 unspecified atom stereocenters. The Balaban J connectivity index is 2.26. The molecule has 0 aliphatic carbocycles. The highest BCUT2D eigenvalue weighted by Crippen LogP contribution is 2.17. The van der Waals surface area contributed by atoms with Crippen molar-refractivity contribution in [3.8, 4) is 0 Å². The molecule has 7 heteroatoms. The molecule has 0 radical (unpaired) electrons. The van der Waals surface area contributed by atoms with Gasteiger partial charge in [-0.05, 0) is 18.8 Å². The normalized spacial score (nSPS) is 23.1. The van der Waals surface area contributed by atoms with Gasteiger partial charge in [-0.15, -0.1) is 0 Å². The predicted molar refractivity (Wildman–Crippen MR) is 76.9 cm³/mol. The maximum absolute atomic E-state index is 11.8. The summed E-state index contributed by atoms with van der Waals surface area (Å²) in [5.41, 5.74) is 0. The second kappa shape index (κ2) is 8.84. The molecule has 2 amide bonds. The number of nitrogens with one attached hydrogen (secondary N) is 1. The summed E-state index contributed by atoms with van der Waals surface area (Å²) >= 11 is 0. The molecule has 21 heavy (non-hydrogen) atoms. The largest absolute Gasteiger partial charge is 0.481 e. The lowest BCUT2D eigenvalue weighted by atomic mass is 9.94. The molecule has 4 N–H and O–H groups in total. The topological polar surface area (TPSA) is 110 Å². The van der Waals surface area contributed by atoms with Gasteiger partial charge in [0.05, 0.1) is 25.3 Å². The standard InChI is InChI=1S/C14H26N2O5/c1-2-3-10(4-5-13(19)20)6-7-15-14(21)16-8-11(17)12(18)9-16/h10-12,17-18H,2-9H2,1H3,(H,15,21)(H,19,20). The number of carboxylic acid groups (broad SMARTS) is 1. The Labute approximate surface area is 124 Å². The highest BCUT2D eigenvalue weighted by Gasteiger charge is 2.32. The van der Waals surface area contributed by atoms with E-state index in [1.54, 1.807) is 0 Å². The van der Waals surface area contributed by atoms with Crippen LogP contribution < -0.4 is 5.32 Å². The third kappa shape index (κ3) is 6.31. The number of nitrogens with zero attached hydrogens (tertiary/aromatic N) is 1. The Morgan fingerprint density at radius 3 is 2.33 bits per heavy atom. The minimum absolute atomic E-state index is 0.143. The zero-order chi connectivity index (χ0) is 15.8. The number of rotatable bonds is 8. The van der Waals surface area contributed by atoms with Crippen LogP contribution in [0.25, 0.3) is 0 Å². The fourth-order valence-electron chi connectivity index (χ4n) is 2.60. The summed E-state index contributed by atoms with van der Waals surface area (Å²) in [6.07, 6.45) is 1.71. The van der Waals surface area contributed by atoms with E-state index in [0.717, 1.165) is 19.3 Å². The molecule has 1 saturated heterocycles. The molecule has 1 aliphatic rings.